The summed E-state index contributed by atoms with van der Waals surface area (Å²) in [7, 11) is 0. The molecule has 0 radical (unpaired) electrons. The Balaban J connectivity index is 2.27. The lowest BCUT2D eigenvalue weighted by atomic mass is 10.0. The molecule has 0 saturated heterocycles. The van der Waals surface area contributed by atoms with Crippen molar-refractivity contribution in [1.29, 1.82) is 0 Å². The summed E-state index contributed by atoms with van der Waals surface area (Å²) in [5.41, 5.74) is 8.18. The lowest BCUT2D eigenvalue weighted by molar-refractivity contribution is -0.117. The number of amides is 1. The molecular formula is C14H19N3O. The first-order valence-electron chi connectivity index (χ1n) is 6.03. The molecule has 4 N–H and O–H groups in total. The number of carbonyl (C=O) groups excluding carboxylic acids is 1. The summed E-state index contributed by atoms with van der Waals surface area (Å²) in [6, 6.07) is 7.90. The fourth-order valence-electron chi connectivity index (χ4n) is 2.04. The van der Waals surface area contributed by atoms with Gasteiger partial charge in [-0.2, -0.15) is 0 Å². The highest BCUT2D eigenvalue weighted by atomic mass is 16.1. The van der Waals surface area contributed by atoms with Crippen LogP contribution >= 0.6 is 0 Å². The summed E-state index contributed by atoms with van der Waals surface area (Å²) < 4.78 is 0. The standard InChI is InChI=1S/C14H19N3O/c1-9-13(17-12(18)8-14(2,3)15)10-6-4-5-7-11(10)16-9/h4-7,16H,8,15H2,1-3H3,(H,17,18). The van der Waals surface area contributed by atoms with Crippen LogP contribution in [0.15, 0.2) is 24.3 Å². The number of aromatic nitrogens is 1. The number of benzene rings is 1. The summed E-state index contributed by atoms with van der Waals surface area (Å²) in [5, 5.41) is 3.97. The van der Waals surface area contributed by atoms with Gasteiger partial charge in [0.25, 0.3) is 0 Å². The number of H-pyrrole nitrogens is 1. The van der Waals surface area contributed by atoms with Crippen molar-refractivity contribution in [3.63, 3.8) is 0 Å². The molecule has 2 rings (SSSR count). The van der Waals surface area contributed by atoms with Crippen LogP contribution in [-0.4, -0.2) is 16.4 Å². The van der Waals surface area contributed by atoms with Gasteiger partial charge in [0.15, 0.2) is 0 Å². The molecule has 0 atom stereocenters. The number of carbonyl (C=O) groups is 1. The van der Waals surface area contributed by atoms with E-state index in [0.717, 1.165) is 22.3 Å². The van der Waals surface area contributed by atoms with Crippen LogP contribution in [0.2, 0.25) is 0 Å². The number of nitrogens with two attached hydrogens (primary N) is 1. The Morgan fingerprint density at radius 2 is 2.06 bits per heavy atom. The van der Waals surface area contributed by atoms with E-state index < -0.39 is 5.54 Å². The van der Waals surface area contributed by atoms with Gasteiger partial charge in [-0.3, -0.25) is 4.79 Å². The Bertz CT molecular complexity index is 578. The Hall–Kier alpha value is -1.81. The average Bonchev–Trinajstić information content (AvgIpc) is 2.53. The van der Waals surface area contributed by atoms with E-state index in [4.69, 9.17) is 5.73 Å². The van der Waals surface area contributed by atoms with Gasteiger partial charge >= 0.3 is 0 Å². The third kappa shape index (κ3) is 2.71. The molecule has 4 heteroatoms. The number of nitrogens with one attached hydrogen (secondary N) is 2. The number of hydrogen-bond acceptors (Lipinski definition) is 2. The third-order valence-corrected chi connectivity index (χ3v) is 2.77. The van der Waals surface area contributed by atoms with E-state index >= 15 is 0 Å². The normalized spacial score (nSPS) is 11.8. The molecule has 1 amide bonds. The van der Waals surface area contributed by atoms with E-state index in [2.05, 4.69) is 10.3 Å². The van der Waals surface area contributed by atoms with Crippen LogP contribution in [0.4, 0.5) is 5.69 Å². The quantitative estimate of drug-likeness (QED) is 0.777. The SMILES string of the molecule is Cc1[nH]c2ccccc2c1NC(=O)CC(C)(C)N. The molecule has 1 aromatic carbocycles. The van der Waals surface area contributed by atoms with Crippen LogP contribution < -0.4 is 11.1 Å². The molecule has 1 heterocycles. The molecule has 2 aromatic rings. The first-order chi connectivity index (χ1) is 8.37. The molecule has 0 aliphatic rings. The second-order valence-electron chi connectivity index (χ2n) is 5.38. The summed E-state index contributed by atoms with van der Waals surface area (Å²) in [4.78, 5) is 15.2. The van der Waals surface area contributed by atoms with E-state index in [9.17, 15) is 4.79 Å². The van der Waals surface area contributed by atoms with Crippen molar-refractivity contribution >= 4 is 22.5 Å². The first-order valence-corrected chi connectivity index (χ1v) is 6.03. The summed E-state index contributed by atoms with van der Waals surface area (Å²) in [6.07, 6.45) is 0.298. The molecule has 18 heavy (non-hydrogen) atoms. The zero-order chi connectivity index (χ0) is 13.3. The fraction of sp³-hybridized carbons (Fsp3) is 0.357. The van der Waals surface area contributed by atoms with Gasteiger partial charge in [-0.05, 0) is 26.8 Å². The van der Waals surface area contributed by atoms with Crippen LogP contribution in [0, 0.1) is 6.92 Å². The molecule has 0 fully saturated rings. The van der Waals surface area contributed by atoms with Gasteiger partial charge in [0.2, 0.25) is 5.91 Å². The summed E-state index contributed by atoms with van der Waals surface area (Å²) >= 11 is 0. The maximum absolute atomic E-state index is 11.9. The minimum absolute atomic E-state index is 0.0599. The number of hydrogen-bond donors (Lipinski definition) is 3. The lowest BCUT2D eigenvalue weighted by Gasteiger charge is -2.17. The topological polar surface area (TPSA) is 70.9 Å². The van der Waals surface area contributed by atoms with Crippen molar-refractivity contribution in [3.05, 3.63) is 30.0 Å². The highest BCUT2D eigenvalue weighted by Crippen LogP contribution is 2.27. The fourth-order valence-corrected chi connectivity index (χ4v) is 2.04. The maximum atomic E-state index is 11.9. The zero-order valence-corrected chi connectivity index (χ0v) is 11.0. The van der Waals surface area contributed by atoms with E-state index in [0.29, 0.717) is 6.42 Å². The van der Waals surface area contributed by atoms with E-state index in [1.54, 1.807) is 0 Å². The van der Waals surface area contributed by atoms with Crippen molar-refractivity contribution in [3.8, 4) is 0 Å². The number of aromatic amines is 1. The van der Waals surface area contributed by atoms with Gasteiger partial charge in [0.05, 0.1) is 5.69 Å². The van der Waals surface area contributed by atoms with Crippen LogP contribution in [0.25, 0.3) is 10.9 Å². The lowest BCUT2D eigenvalue weighted by Crippen LogP contribution is -2.36. The van der Waals surface area contributed by atoms with E-state index in [-0.39, 0.29) is 5.91 Å². The van der Waals surface area contributed by atoms with Crippen LogP contribution in [0.5, 0.6) is 0 Å². The Morgan fingerprint density at radius 1 is 1.39 bits per heavy atom. The van der Waals surface area contributed by atoms with Gasteiger partial charge in [0.1, 0.15) is 0 Å². The van der Waals surface area contributed by atoms with Gasteiger partial charge < -0.3 is 16.0 Å². The minimum atomic E-state index is -0.496. The van der Waals surface area contributed by atoms with Crippen molar-refractivity contribution in [2.24, 2.45) is 5.73 Å². The third-order valence-electron chi connectivity index (χ3n) is 2.77. The Labute approximate surface area is 107 Å². The molecule has 0 unspecified atom stereocenters. The zero-order valence-electron chi connectivity index (χ0n) is 11.0. The smallest absolute Gasteiger partial charge is 0.226 e. The second kappa shape index (κ2) is 4.46. The number of anilines is 1. The van der Waals surface area contributed by atoms with E-state index in [1.165, 1.54) is 0 Å². The van der Waals surface area contributed by atoms with Crippen molar-refractivity contribution in [2.45, 2.75) is 32.7 Å². The number of para-hydroxylation sites is 1. The van der Waals surface area contributed by atoms with Gasteiger partial charge in [-0.25, -0.2) is 0 Å². The molecule has 0 aliphatic heterocycles. The van der Waals surface area contributed by atoms with Crippen LogP contribution in [0.3, 0.4) is 0 Å². The highest BCUT2D eigenvalue weighted by Gasteiger charge is 2.18. The number of aryl methyl sites for hydroxylation is 1. The monoisotopic (exact) mass is 245 g/mol. The first kappa shape index (κ1) is 12.6. The van der Waals surface area contributed by atoms with Crippen molar-refractivity contribution < 1.29 is 4.79 Å². The molecule has 0 saturated carbocycles. The van der Waals surface area contributed by atoms with Crippen molar-refractivity contribution in [2.75, 3.05) is 5.32 Å². The molecule has 0 aliphatic carbocycles. The Morgan fingerprint density at radius 3 is 2.72 bits per heavy atom. The molecule has 0 spiro atoms. The molecular weight excluding hydrogens is 226 g/mol. The summed E-state index contributed by atoms with van der Waals surface area (Å²) in [5.74, 6) is -0.0599. The number of rotatable bonds is 3. The Kier molecular flexibility index (Phi) is 3.13. The maximum Gasteiger partial charge on any atom is 0.226 e. The van der Waals surface area contributed by atoms with Gasteiger partial charge in [-0.15, -0.1) is 0 Å². The predicted molar refractivity (Wildman–Crippen MR) is 74.5 cm³/mol. The van der Waals surface area contributed by atoms with Gasteiger partial charge in [0, 0.05) is 28.6 Å². The minimum Gasteiger partial charge on any atom is -0.357 e. The van der Waals surface area contributed by atoms with Crippen LogP contribution in [-0.2, 0) is 4.79 Å². The molecule has 4 nitrogen and oxygen atoms in total. The second-order valence-corrected chi connectivity index (χ2v) is 5.38. The molecule has 96 valence electrons. The summed E-state index contributed by atoms with van der Waals surface area (Å²) in [6.45, 7) is 5.63. The predicted octanol–water partition coefficient (Wildman–Crippen LogP) is 2.54. The largest absolute Gasteiger partial charge is 0.357 e. The molecule has 1 aromatic heterocycles. The van der Waals surface area contributed by atoms with E-state index in [1.807, 2.05) is 45.0 Å². The van der Waals surface area contributed by atoms with Crippen molar-refractivity contribution in [1.82, 2.24) is 4.98 Å². The van der Waals surface area contributed by atoms with Crippen LogP contribution in [0.1, 0.15) is 26.0 Å². The molecule has 0 bridgehead atoms. The average molecular weight is 245 g/mol. The van der Waals surface area contributed by atoms with Gasteiger partial charge in [-0.1, -0.05) is 18.2 Å². The number of fused-ring (bicyclic) bond motifs is 1. The highest BCUT2D eigenvalue weighted by molar-refractivity contribution is 6.03.